The standard InChI is InChI=1S/C41H47ClN8O4/c1-4-49-19-16-34-32(23-49)44-38(47(34)2)36(51)21-27-7-5-9-29(37(27)42)28-8-6-10-31(30(28)22-43)46-40(52)39-45-33-24-50(20-17-35(33)48(39)3)18-15-25-11-13-26(14-12-25)41(53)54/h5-10,25-26H,4,11-21,23-24H2,1-3H3,(H,46,52)(H,53,54). The Morgan fingerprint density at radius 2 is 1.54 bits per heavy atom. The fraction of sp³-hybridized carbons (Fsp3) is 0.463. The molecule has 1 saturated carbocycles. The number of hydrogen-bond acceptors (Lipinski definition) is 8. The van der Waals surface area contributed by atoms with Crippen LogP contribution in [0.15, 0.2) is 36.4 Å². The number of nitrogens with one attached hydrogen (secondary N) is 1. The molecule has 7 rings (SSSR count). The zero-order chi connectivity index (χ0) is 38.1. The maximum atomic E-state index is 13.7. The first-order chi connectivity index (χ1) is 26.1. The highest BCUT2D eigenvalue weighted by atomic mass is 35.5. The number of carboxylic acids is 1. The van der Waals surface area contributed by atoms with Crippen LogP contribution in [0.2, 0.25) is 5.02 Å². The zero-order valence-corrected chi connectivity index (χ0v) is 32.0. The Morgan fingerprint density at radius 1 is 0.907 bits per heavy atom. The number of carbonyl (C=O) groups excluding carboxylic acids is 2. The van der Waals surface area contributed by atoms with Gasteiger partial charge in [-0.2, -0.15) is 5.26 Å². The van der Waals surface area contributed by atoms with E-state index in [-0.39, 0.29) is 29.5 Å². The molecule has 2 N–H and O–H groups in total. The fourth-order valence-electron chi connectivity index (χ4n) is 8.50. The molecule has 0 bridgehead atoms. The van der Waals surface area contributed by atoms with Gasteiger partial charge in [0.25, 0.3) is 5.91 Å². The summed E-state index contributed by atoms with van der Waals surface area (Å²) in [6.45, 7) is 7.16. The molecular weight excluding hydrogens is 704 g/mol. The van der Waals surface area contributed by atoms with Crippen molar-refractivity contribution >= 4 is 34.9 Å². The molecular formula is C41H47ClN8O4. The molecule has 0 radical (unpaired) electrons. The van der Waals surface area contributed by atoms with E-state index in [4.69, 9.17) is 21.6 Å². The largest absolute Gasteiger partial charge is 0.481 e. The predicted molar refractivity (Wildman–Crippen MR) is 205 cm³/mol. The third kappa shape index (κ3) is 7.45. The molecule has 4 aromatic rings. The number of benzene rings is 2. The van der Waals surface area contributed by atoms with E-state index in [1.165, 1.54) is 0 Å². The zero-order valence-electron chi connectivity index (χ0n) is 31.2. The van der Waals surface area contributed by atoms with Gasteiger partial charge in [-0.05, 0) is 62.7 Å². The average Bonchev–Trinajstić information content (AvgIpc) is 3.69. The number of halogens is 1. The minimum Gasteiger partial charge on any atom is -0.481 e. The number of nitriles is 1. The summed E-state index contributed by atoms with van der Waals surface area (Å²) in [6, 6.07) is 13.0. The van der Waals surface area contributed by atoms with Gasteiger partial charge in [-0.3, -0.25) is 24.2 Å². The van der Waals surface area contributed by atoms with E-state index in [0.29, 0.717) is 45.7 Å². The molecule has 1 aliphatic carbocycles. The van der Waals surface area contributed by atoms with E-state index in [1.807, 2.05) is 41.4 Å². The normalized spacial score (nSPS) is 18.8. The molecule has 2 aromatic carbocycles. The lowest BCUT2D eigenvalue weighted by Crippen LogP contribution is -2.33. The van der Waals surface area contributed by atoms with Crippen molar-refractivity contribution in [2.24, 2.45) is 25.9 Å². The van der Waals surface area contributed by atoms with Crippen LogP contribution in [-0.2, 0) is 51.2 Å². The molecule has 1 amide bonds. The molecule has 0 saturated heterocycles. The second kappa shape index (κ2) is 15.9. The van der Waals surface area contributed by atoms with Gasteiger partial charge in [-0.1, -0.05) is 48.9 Å². The maximum Gasteiger partial charge on any atom is 0.306 e. The molecule has 12 nitrogen and oxygen atoms in total. The van der Waals surface area contributed by atoms with Gasteiger partial charge < -0.3 is 19.6 Å². The quantitative estimate of drug-likeness (QED) is 0.175. The van der Waals surface area contributed by atoms with Crippen molar-refractivity contribution in [3.05, 3.63) is 87.0 Å². The minimum atomic E-state index is -0.675. The summed E-state index contributed by atoms with van der Waals surface area (Å²) in [5, 5.41) is 23.0. The number of aliphatic carboxylic acids is 1. The first-order valence-corrected chi connectivity index (χ1v) is 19.4. The summed E-state index contributed by atoms with van der Waals surface area (Å²) in [4.78, 5) is 52.8. The van der Waals surface area contributed by atoms with E-state index in [9.17, 15) is 24.8 Å². The lowest BCUT2D eigenvalue weighted by molar-refractivity contribution is -0.143. The van der Waals surface area contributed by atoms with Crippen LogP contribution in [0.3, 0.4) is 0 Å². The highest BCUT2D eigenvalue weighted by Gasteiger charge is 2.30. The topological polar surface area (TPSA) is 149 Å². The van der Waals surface area contributed by atoms with Crippen LogP contribution >= 0.6 is 11.6 Å². The molecule has 3 aliphatic rings. The Labute approximate surface area is 320 Å². The minimum absolute atomic E-state index is 0.0568. The van der Waals surface area contributed by atoms with Crippen LogP contribution in [-0.4, -0.2) is 77.8 Å². The van der Waals surface area contributed by atoms with E-state index < -0.39 is 11.9 Å². The summed E-state index contributed by atoms with van der Waals surface area (Å²) in [6.07, 6.45) is 6.13. The molecule has 1 fully saturated rings. The monoisotopic (exact) mass is 750 g/mol. The Bertz CT molecular complexity index is 2140. The van der Waals surface area contributed by atoms with Crippen LogP contribution in [0.1, 0.15) is 94.2 Å². The van der Waals surface area contributed by atoms with Gasteiger partial charge in [-0.25, -0.2) is 9.97 Å². The van der Waals surface area contributed by atoms with Crippen LogP contribution in [0.5, 0.6) is 0 Å². The summed E-state index contributed by atoms with van der Waals surface area (Å²) >= 11 is 6.99. The van der Waals surface area contributed by atoms with Gasteiger partial charge in [0.1, 0.15) is 6.07 Å². The Morgan fingerprint density at radius 3 is 2.22 bits per heavy atom. The number of likely N-dealkylation sites (N-methyl/N-ethyl adjacent to an activating group) is 1. The third-order valence-corrected chi connectivity index (χ3v) is 12.2. The third-order valence-electron chi connectivity index (χ3n) is 11.8. The number of amides is 1. The van der Waals surface area contributed by atoms with Crippen molar-refractivity contribution in [1.82, 2.24) is 28.9 Å². The molecule has 13 heteroatoms. The number of nitrogens with zero attached hydrogens (tertiary/aromatic N) is 7. The van der Waals surface area contributed by atoms with Crippen molar-refractivity contribution in [2.75, 3.05) is 31.5 Å². The molecule has 54 heavy (non-hydrogen) atoms. The highest BCUT2D eigenvalue weighted by Crippen LogP contribution is 2.37. The Kier molecular flexibility index (Phi) is 11.0. The van der Waals surface area contributed by atoms with E-state index in [1.54, 1.807) is 18.2 Å². The lowest BCUT2D eigenvalue weighted by atomic mass is 9.80. The molecule has 0 unspecified atom stereocenters. The van der Waals surface area contributed by atoms with Crippen molar-refractivity contribution in [3.8, 4) is 17.2 Å². The molecule has 2 aliphatic heterocycles. The van der Waals surface area contributed by atoms with Gasteiger partial charge in [-0.15, -0.1) is 0 Å². The van der Waals surface area contributed by atoms with E-state index >= 15 is 0 Å². The first kappa shape index (κ1) is 37.5. The summed E-state index contributed by atoms with van der Waals surface area (Å²) in [5.41, 5.74) is 6.33. The van der Waals surface area contributed by atoms with Crippen LogP contribution in [0.25, 0.3) is 11.1 Å². The molecule has 0 atom stereocenters. The van der Waals surface area contributed by atoms with Gasteiger partial charge in [0.2, 0.25) is 5.78 Å². The van der Waals surface area contributed by atoms with Gasteiger partial charge in [0.15, 0.2) is 11.6 Å². The number of fused-ring (bicyclic) bond motifs is 2. The first-order valence-electron chi connectivity index (χ1n) is 19.0. The second-order valence-corrected chi connectivity index (χ2v) is 15.3. The number of hydrogen-bond donors (Lipinski definition) is 2. The number of carboxylic acid groups (broad SMARTS) is 1. The number of Topliss-reactive ketones (excluding diaryl/α,β-unsaturated/α-hetero) is 1. The SMILES string of the molecule is CCN1CCc2c(nc(C(=O)Cc3cccc(-c4cccc(NC(=O)c5nc6c(n5C)CCN(CCC5CCC(C(=O)O)CC5)C6)c4C#N)c3Cl)n2C)C1. The van der Waals surface area contributed by atoms with Crippen LogP contribution in [0.4, 0.5) is 5.69 Å². The van der Waals surface area contributed by atoms with Gasteiger partial charge in [0.05, 0.1) is 33.6 Å². The molecule has 0 spiro atoms. The molecule has 2 aromatic heterocycles. The van der Waals surface area contributed by atoms with Crippen molar-refractivity contribution in [2.45, 2.75) is 71.4 Å². The van der Waals surface area contributed by atoms with Crippen molar-refractivity contribution in [1.29, 1.82) is 5.26 Å². The highest BCUT2D eigenvalue weighted by molar-refractivity contribution is 6.34. The number of imidazole rings is 2. The number of anilines is 1. The second-order valence-electron chi connectivity index (χ2n) is 14.9. The average molecular weight is 751 g/mol. The number of rotatable bonds is 11. The summed E-state index contributed by atoms with van der Waals surface area (Å²) < 4.78 is 3.76. The molecule has 4 heterocycles. The van der Waals surface area contributed by atoms with Crippen molar-refractivity contribution < 1.29 is 19.5 Å². The van der Waals surface area contributed by atoms with Crippen LogP contribution < -0.4 is 5.32 Å². The predicted octanol–water partition coefficient (Wildman–Crippen LogP) is 6.04. The summed E-state index contributed by atoms with van der Waals surface area (Å²) in [7, 11) is 3.75. The fourth-order valence-corrected chi connectivity index (χ4v) is 8.79. The van der Waals surface area contributed by atoms with E-state index in [2.05, 4.69) is 28.1 Å². The number of carbonyl (C=O) groups is 3. The Balaban J connectivity index is 1.04. The van der Waals surface area contributed by atoms with Gasteiger partial charge in [0, 0.05) is 82.1 Å². The van der Waals surface area contributed by atoms with Gasteiger partial charge >= 0.3 is 5.97 Å². The maximum absolute atomic E-state index is 13.7. The lowest BCUT2D eigenvalue weighted by Gasteiger charge is -2.30. The smallest absolute Gasteiger partial charge is 0.306 e. The van der Waals surface area contributed by atoms with Crippen LogP contribution in [0, 0.1) is 23.2 Å². The summed E-state index contributed by atoms with van der Waals surface area (Å²) in [5.74, 6) is -0.177. The van der Waals surface area contributed by atoms with E-state index in [0.717, 1.165) is 100 Å². The molecule has 282 valence electrons. The van der Waals surface area contributed by atoms with Crippen molar-refractivity contribution in [3.63, 3.8) is 0 Å². The Hall–Kier alpha value is -4.83. The number of aromatic nitrogens is 4. The number of ketones is 1.